The Hall–Kier alpha value is -0.120. The van der Waals surface area contributed by atoms with Crippen LogP contribution < -0.4 is 5.32 Å². The fourth-order valence-corrected chi connectivity index (χ4v) is 2.77. The van der Waals surface area contributed by atoms with E-state index < -0.39 is 0 Å². The van der Waals surface area contributed by atoms with Gasteiger partial charge in [-0.15, -0.1) is 11.3 Å². The van der Waals surface area contributed by atoms with E-state index in [2.05, 4.69) is 38.8 Å². The maximum Gasteiger partial charge on any atom is 0.0412 e. The maximum atomic E-state index is 3.52. The van der Waals surface area contributed by atoms with Gasteiger partial charge in [0, 0.05) is 15.9 Å². The van der Waals surface area contributed by atoms with Gasteiger partial charge in [-0.2, -0.15) is 0 Å². The van der Waals surface area contributed by atoms with E-state index in [0.29, 0.717) is 0 Å². The van der Waals surface area contributed by atoms with Gasteiger partial charge in [-0.05, 0) is 46.4 Å². The molecule has 1 aromatic rings. The molecule has 1 aliphatic heterocycles. The lowest BCUT2D eigenvalue weighted by Gasteiger charge is -1.93. The summed E-state index contributed by atoms with van der Waals surface area (Å²) in [5.41, 5.74) is 1.51. The molecule has 0 unspecified atom stereocenters. The Labute approximate surface area is 84.6 Å². The molecule has 1 nitrogen and oxygen atoms in total. The third-order valence-corrected chi connectivity index (χ3v) is 3.77. The molecular weight excluding hydrogens is 234 g/mol. The van der Waals surface area contributed by atoms with E-state index in [9.17, 15) is 0 Å². The summed E-state index contributed by atoms with van der Waals surface area (Å²) in [7, 11) is 0. The first kappa shape index (κ1) is 8.48. The van der Waals surface area contributed by atoms with Gasteiger partial charge in [0.1, 0.15) is 0 Å². The molecule has 0 aromatic carbocycles. The van der Waals surface area contributed by atoms with Gasteiger partial charge < -0.3 is 5.32 Å². The summed E-state index contributed by atoms with van der Waals surface area (Å²) in [4.78, 5) is 1.34. The molecule has 64 valence electrons. The highest BCUT2D eigenvalue weighted by molar-refractivity contribution is 9.10. The molecule has 1 saturated heterocycles. The second-order valence-electron chi connectivity index (χ2n) is 2.86. The quantitative estimate of drug-likeness (QED) is 0.800. The predicted molar refractivity (Wildman–Crippen MR) is 57.5 cm³/mol. The van der Waals surface area contributed by atoms with E-state index in [-0.39, 0.29) is 0 Å². The zero-order chi connectivity index (χ0) is 8.39. The van der Waals surface area contributed by atoms with Crippen molar-refractivity contribution in [1.82, 2.24) is 5.32 Å². The summed E-state index contributed by atoms with van der Waals surface area (Å²) in [5, 5.41) is 5.44. The van der Waals surface area contributed by atoms with E-state index in [1.165, 1.54) is 21.3 Å². The molecule has 0 radical (unpaired) electrons. The van der Waals surface area contributed by atoms with Gasteiger partial charge in [0.2, 0.25) is 0 Å². The van der Waals surface area contributed by atoms with Crippen LogP contribution in [0.15, 0.2) is 21.5 Å². The molecule has 1 fully saturated rings. The van der Waals surface area contributed by atoms with Crippen LogP contribution in [0.5, 0.6) is 0 Å². The first-order valence-corrected chi connectivity index (χ1v) is 5.67. The summed E-state index contributed by atoms with van der Waals surface area (Å²) in [6.45, 7) is 2.19. The van der Waals surface area contributed by atoms with Crippen molar-refractivity contribution in [3.63, 3.8) is 0 Å². The zero-order valence-corrected chi connectivity index (χ0v) is 9.04. The SMILES string of the molecule is Brc1ccsc1C=C1CCNC1. The molecule has 1 aromatic heterocycles. The van der Waals surface area contributed by atoms with Gasteiger partial charge in [0.15, 0.2) is 0 Å². The summed E-state index contributed by atoms with van der Waals surface area (Å²) >= 11 is 5.30. The monoisotopic (exact) mass is 243 g/mol. The second-order valence-corrected chi connectivity index (χ2v) is 4.66. The smallest absolute Gasteiger partial charge is 0.0412 e. The van der Waals surface area contributed by atoms with Crippen LogP contribution in [-0.4, -0.2) is 13.1 Å². The van der Waals surface area contributed by atoms with E-state index in [0.717, 1.165) is 13.1 Å². The highest BCUT2D eigenvalue weighted by atomic mass is 79.9. The maximum absolute atomic E-state index is 3.52. The topological polar surface area (TPSA) is 12.0 Å². The van der Waals surface area contributed by atoms with Crippen molar-refractivity contribution in [3.8, 4) is 0 Å². The Kier molecular flexibility index (Phi) is 2.63. The minimum absolute atomic E-state index is 1.06. The molecular formula is C9H10BrNS. The standard InChI is InChI=1S/C9H10BrNS/c10-8-2-4-12-9(8)5-7-1-3-11-6-7/h2,4-5,11H,1,3,6H2. The first-order chi connectivity index (χ1) is 5.86. The predicted octanol–water partition coefficient (Wildman–Crippen LogP) is 2.89. The van der Waals surface area contributed by atoms with Gasteiger partial charge in [-0.25, -0.2) is 0 Å². The van der Waals surface area contributed by atoms with Crippen LogP contribution in [-0.2, 0) is 0 Å². The van der Waals surface area contributed by atoms with Crippen molar-refractivity contribution in [2.45, 2.75) is 6.42 Å². The van der Waals surface area contributed by atoms with Gasteiger partial charge in [-0.3, -0.25) is 0 Å². The Balaban J connectivity index is 2.21. The van der Waals surface area contributed by atoms with Crippen molar-refractivity contribution >= 4 is 33.3 Å². The Morgan fingerprint density at radius 1 is 1.58 bits per heavy atom. The Morgan fingerprint density at radius 3 is 3.08 bits per heavy atom. The number of thiophene rings is 1. The van der Waals surface area contributed by atoms with Crippen molar-refractivity contribution in [2.75, 3.05) is 13.1 Å². The van der Waals surface area contributed by atoms with E-state index in [4.69, 9.17) is 0 Å². The lowest BCUT2D eigenvalue weighted by molar-refractivity contribution is 0.862. The van der Waals surface area contributed by atoms with Crippen molar-refractivity contribution in [2.24, 2.45) is 0 Å². The lowest BCUT2D eigenvalue weighted by Crippen LogP contribution is -2.04. The van der Waals surface area contributed by atoms with Crippen LogP contribution in [0.1, 0.15) is 11.3 Å². The van der Waals surface area contributed by atoms with Gasteiger partial charge in [0.25, 0.3) is 0 Å². The Bertz CT molecular complexity index is 295. The molecule has 2 heterocycles. The Morgan fingerprint density at radius 2 is 2.50 bits per heavy atom. The lowest BCUT2D eigenvalue weighted by atomic mass is 10.2. The molecule has 1 N–H and O–H groups in total. The van der Waals surface area contributed by atoms with Crippen LogP contribution in [0.25, 0.3) is 6.08 Å². The third kappa shape index (κ3) is 1.79. The zero-order valence-electron chi connectivity index (χ0n) is 6.64. The van der Waals surface area contributed by atoms with Crippen LogP contribution in [0, 0.1) is 0 Å². The average molecular weight is 244 g/mol. The number of nitrogens with one attached hydrogen (secondary N) is 1. The largest absolute Gasteiger partial charge is 0.313 e. The first-order valence-electron chi connectivity index (χ1n) is 3.99. The highest BCUT2D eigenvalue weighted by Crippen LogP contribution is 2.26. The minimum Gasteiger partial charge on any atom is -0.313 e. The van der Waals surface area contributed by atoms with Crippen molar-refractivity contribution < 1.29 is 0 Å². The molecule has 0 aliphatic carbocycles. The highest BCUT2D eigenvalue weighted by Gasteiger charge is 2.06. The van der Waals surface area contributed by atoms with Gasteiger partial charge in [0.05, 0.1) is 0 Å². The second kappa shape index (κ2) is 3.73. The van der Waals surface area contributed by atoms with Gasteiger partial charge >= 0.3 is 0 Å². The molecule has 12 heavy (non-hydrogen) atoms. The molecule has 1 aliphatic rings. The number of hydrogen-bond donors (Lipinski definition) is 1. The van der Waals surface area contributed by atoms with Crippen LogP contribution >= 0.6 is 27.3 Å². The summed E-state index contributed by atoms with van der Waals surface area (Å²) < 4.78 is 1.21. The van der Waals surface area contributed by atoms with E-state index in [1.807, 2.05) is 0 Å². The molecule has 0 saturated carbocycles. The van der Waals surface area contributed by atoms with Crippen LogP contribution in [0.2, 0.25) is 0 Å². The summed E-state index contributed by atoms with van der Waals surface area (Å²) in [6.07, 6.45) is 3.49. The summed E-state index contributed by atoms with van der Waals surface area (Å²) in [6, 6.07) is 2.10. The van der Waals surface area contributed by atoms with Crippen LogP contribution in [0.3, 0.4) is 0 Å². The fourth-order valence-electron chi connectivity index (χ4n) is 1.30. The van der Waals surface area contributed by atoms with Crippen molar-refractivity contribution in [3.05, 3.63) is 26.4 Å². The molecule has 0 bridgehead atoms. The molecule has 3 heteroatoms. The minimum atomic E-state index is 1.06. The van der Waals surface area contributed by atoms with Crippen molar-refractivity contribution in [1.29, 1.82) is 0 Å². The number of hydrogen-bond acceptors (Lipinski definition) is 2. The normalized spacial score (nSPS) is 20.6. The van der Waals surface area contributed by atoms with E-state index >= 15 is 0 Å². The average Bonchev–Trinajstić information content (AvgIpc) is 2.65. The van der Waals surface area contributed by atoms with Crippen LogP contribution in [0.4, 0.5) is 0 Å². The molecule has 0 amide bonds. The van der Waals surface area contributed by atoms with Gasteiger partial charge in [-0.1, -0.05) is 5.57 Å². The fraction of sp³-hybridized carbons (Fsp3) is 0.333. The molecule has 0 spiro atoms. The molecule has 2 rings (SSSR count). The number of rotatable bonds is 1. The molecule has 0 atom stereocenters. The third-order valence-electron chi connectivity index (χ3n) is 1.95. The van der Waals surface area contributed by atoms with E-state index in [1.54, 1.807) is 11.3 Å². The number of halogens is 1. The summed E-state index contributed by atoms with van der Waals surface area (Å²) in [5.74, 6) is 0.